The van der Waals surface area contributed by atoms with E-state index in [2.05, 4.69) is 4.98 Å². The minimum absolute atomic E-state index is 0.291. The highest BCUT2D eigenvalue weighted by Gasteiger charge is 2.49. The Labute approximate surface area is 114 Å². The summed E-state index contributed by atoms with van der Waals surface area (Å²) in [6.45, 7) is 9.68. The number of aryl methyl sites for hydroxylation is 1. The van der Waals surface area contributed by atoms with Gasteiger partial charge in [-0.2, -0.15) is 0 Å². The van der Waals surface area contributed by atoms with Crippen LogP contribution in [0.2, 0.25) is 0 Å². The molecule has 2 rings (SSSR count). The molecule has 102 valence electrons. The van der Waals surface area contributed by atoms with Crippen LogP contribution in [-0.4, -0.2) is 23.3 Å². The Hall–Kier alpha value is -1.20. The zero-order valence-corrected chi connectivity index (χ0v) is 12.0. The average molecular weight is 263 g/mol. The molecule has 1 aliphatic heterocycles. The fraction of sp³-hybridized carbons (Fsp3) is 0.500. The van der Waals surface area contributed by atoms with Gasteiger partial charge in [0, 0.05) is 17.5 Å². The van der Waals surface area contributed by atoms with Crippen molar-refractivity contribution in [2.24, 2.45) is 0 Å². The summed E-state index contributed by atoms with van der Waals surface area (Å²) >= 11 is 0. The summed E-state index contributed by atoms with van der Waals surface area (Å²) < 4.78 is 25.3. The number of nitrogens with zero attached hydrogens (tertiary/aromatic N) is 1. The summed E-state index contributed by atoms with van der Waals surface area (Å²) in [4.78, 5) is 4.07. The van der Waals surface area contributed by atoms with Gasteiger partial charge in [0.1, 0.15) is 5.82 Å². The van der Waals surface area contributed by atoms with Crippen molar-refractivity contribution in [3.8, 4) is 0 Å². The zero-order chi connectivity index (χ0) is 14.3. The van der Waals surface area contributed by atoms with E-state index in [1.807, 2.05) is 27.7 Å². The zero-order valence-electron chi connectivity index (χ0n) is 12.0. The number of hydrogen-bond donors (Lipinski definition) is 0. The first kappa shape index (κ1) is 14.2. The molecule has 0 unspecified atom stereocenters. The smallest absolute Gasteiger partial charge is 0.400 e. The Morgan fingerprint density at radius 3 is 2.32 bits per heavy atom. The van der Waals surface area contributed by atoms with Crippen molar-refractivity contribution < 1.29 is 13.7 Å². The first-order chi connectivity index (χ1) is 8.71. The molecule has 0 atom stereocenters. The summed E-state index contributed by atoms with van der Waals surface area (Å²) in [6.07, 6.45) is 3.15. The highest BCUT2D eigenvalue weighted by molar-refractivity contribution is 6.52. The highest BCUT2D eigenvalue weighted by atomic mass is 19.1. The molecular weight excluding hydrogens is 244 g/mol. The van der Waals surface area contributed by atoms with E-state index in [0.29, 0.717) is 11.3 Å². The summed E-state index contributed by atoms with van der Waals surface area (Å²) in [5.41, 5.74) is 0.323. The fourth-order valence-electron chi connectivity index (χ4n) is 1.81. The van der Waals surface area contributed by atoms with Crippen molar-refractivity contribution in [2.75, 3.05) is 0 Å². The van der Waals surface area contributed by atoms with Gasteiger partial charge in [-0.1, -0.05) is 12.1 Å². The molecule has 5 heteroatoms. The maximum absolute atomic E-state index is 13.7. The molecule has 0 radical (unpaired) electrons. The normalized spacial score (nSPS) is 21.3. The predicted molar refractivity (Wildman–Crippen MR) is 74.0 cm³/mol. The molecule has 0 N–H and O–H groups in total. The standard InChI is InChI=1S/C14H19BFNO2/c1-10-8-12(16)11(9-17-10)6-7-15-18-13(2,3)14(4,5)19-15/h6-9H,1-5H3/b7-6+. The lowest BCUT2D eigenvalue weighted by Crippen LogP contribution is -2.41. The van der Waals surface area contributed by atoms with Crippen LogP contribution >= 0.6 is 0 Å². The van der Waals surface area contributed by atoms with Crippen LogP contribution in [0, 0.1) is 12.7 Å². The summed E-state index contributed by atoms with van der Waals surface area (Å²) in [5.74, 6) is 1.42. The molecule has 3 nitrogen and oxygen atoms in total. The van der Waals surface area contributed by atoms with Gasteiger partial charge in [0.15, 0.2) is 0 Å². The molecular formula is C14H19BFNO2. The van der Waals surface area contributed by atoms with E-state index in [1.165, 1.54) is 12.3 Å². The second kappa shape index (κ2) is 4.73. The molecule has 1 fully saturated rings. The monoisotopic (exact) mass is 263 g/mol. The molecule has 1 aromatic rings. The van der Waals surface area contributed by atoms with Gasteiger partial charge in [0.05, 0.1) is 11.2 Å². The predicted octanol–water partition coefficient (Wildman–Crippen LogP) is 3.17. The maximum atomic E-state index is 13.7. The molecule has 0 amide bonds. The molecule has 1 aromatic heterocycles. The van der Waals surface area contributed by atoms with Gasteiger partial charge in [-0.3, -0.25) is 4.98 Å². The van der Waals surface area contributed by atoms with E-state index in [4.69, 9.17) is 9.31 Å². The summed E-state index contributed by atoms with van der Waals surface area (Å²) in [7, 11) is -0.467. The molecule has 1 aliphatic rings. The lowest BCUT2D eigenvalue weighted by atomic mass is 9.89. The molecule has 0 spiro atoms. The Kier molecular flexibility index (Phi) is 3.54. The van der Waals surface area contributed by atoms with Crippen LogP contribution in [0.15, 0.2) is 18.2 Å². The average Bonchev–Trinajstić information content (AvgIpc) is 2.46. The maximum Gasteiger partial charge on any atom is 0.487 e. The quantitative estimate of drug-likeness (QED) is 0.768. The molecule has 19 heavy (non-hydrogen) atoms. The van der Waals surface area contributed by atoms with Crippen molar-refractivity contribution in [1.29, 1.82) is 0 Å². The minimum atomic E-state index is -0.467. The lowest BCUT2D eigenvalue weighted by molar-refractivity contribution is 0.00578. The van der Waals surface area contributed by atoms with Crippen LogP contribution < -0.4 is 0 Å². The van der Waals surface area contributed by atoms with Gasteiger partial charge >= 0.3 is 7.12 Å². The second-order valence-corrected chi connectivity index (χ2v) is 5.83. The van der Waals surface area contributed by atoms with Gasteiger partial charge in [-0.05, 0) is 40.7 Å². The van der Waals surface area contributed by atoms with Crippen molar-refractivity contribution in [3.05, 3.63) is 35.3 Å². The molecule has 0 saturated carbocycles. The van der Waals surface area contributed by atoms with E-state index in [0.717, 1.165) is 0 Å². The van der Waals surface area contributed by atoms with E-state index in [9.17, 15) is 4.39 Å². The van der Waals surface area contributed by atoms with Crippen molar-refractivity contribution >= 4 is 13.2 Å². The minimum Gasteiger partial charge on any atom is -0.400 e. The van der Waals surface area contributed by atoms with Crippen molar-refractivity contribution in [1.82, 2.24) is 4.98 Å². The molecule has 0 aromatic carbocycles. The summed E-state index contributed by atoms with van der Waals surface area (Å²) in [5, 5.41) is 0. The number of rotatable bonds is 2. The largest absolute Gasteiger partial charge is 0.487 e. The third kappa shape index (κ3) is 2.87. The molecule has 0 bridgehead atoms. The number of hydrogen-bond acceptors (Lipinski definition) is 3. The van der Waals surface area contributed by atoms with E-state index < -0.39 is 7.12 Å². The number of pyridine rings is 1. The first-order valence-corrected chi connectivity index (χ1v) is 6.37. The van der Waals surface area contributed by atoms with Crippen LogP contribution in [-0.2, 0) is 9.31 Å². The van der Waals surface area contributed by atoms with E-state index in [1.54, 1.807) is 19.0 Å². The van der Waals surface area contributed by atoms with Gasteiger partial charge < -0.3 is 9.31 Å². The third-order valence-electron chi connectivity index (χ3n) is 3.72. The molecule has 1 saturated heterocycles. The Morgan fingerprint density at radius 2 is 1.79 bits per heavy atom. The van der Waals surface area contributed by atoms with Crippen LogP contribution in [0.25, 0.3) is 6.08 Å². The van der Waals surface area contributed by atoms with Crippen LogP contribution in [0.1, 0.15) is 39.0 Å². The number of aromatic nitrogens is 1. The highest BCUT2D eigenvalue weighted by Crippen LogP contribution is 2.37. The Balaban J connectivity index is 2.13. The Bertz CT molecular complexity index is 498. The SMILES string of the molecule is Cc1cc(F)c(/C=C/B2OC(C)(C)C(C)(C)O2)cn1. The molecule has 2 heterocycles. The van der Waals surface area contributed by atoms with Crippen LogP contribution in [0.5, 0.6) is 0 Å². The van der Waals surface area contributed by atoms with Gasteiger partial charge in [0.2, 0.25) is 0 Å². The third-order valence-corrected chi connectivity index (χ3v) is 3.72. The van der Waals surface area contributed by atoms with Gasteiger partial charge in [-0.15, -0.1) is 0 Å². The first-order valence-electron chi connectivity index (χ1n) is 6.37. The molecule has 0 aliphatic carbocycles. The van der Waals surface area contributed by atoms with Crippen molar-refractivity contribution in [2.45, 2.75) is 45.8 Å². The van der Waals surface area contributed by atoms with Crippen molar-refractivity contribution in [3.63, 3.8) is 0 Å². The van der Waals surface area contributed by atoms with Crippen LogP contribution in [0.3, 0.4) is 0 Å². The summed E-state index contributed by atoms with van der Waals surface area (Å²) in [6, 6.07) is 1.41. The lowest BCUT2D eigenvalue weighted by Gasteiger charge is -2.32. The Morgan fingerprint density at radius 1 is 1.21 bits per heavy atom. The second-order valence-electron chi connectivity index (χ2n) is 5.83. The van der Waals surface area contributed by atoms with E-state index in [-0.39, 0.29) is 17.0 Å². The topological polar surface area (TPSA) is 31.4 Å². The fourth-order valence-corrected chi connectivity index (χ4v) is 1.81. The van der Waals surface area contributed by atoms with E-state index >= 15 is 0 Å². The van der Waals surface area contributed by atoms with Gasteiger partial charge in [0.25, 0.3) is 0 Å². The van der Waals surface area contributed by atoms with Gasteiger partial charge in [-0.25, -0.2) is 4.39 Å². The number of halogens is 1. The van der Waals surface area contributed by atoms with Crippen LogP contribution in [0.4, 0.5) is 4.39 Å².